The molecule has 6 heteroatoms. The van der Waals surface area contributed by atoms with Crippen molar-refractivity contribution in [3.05, 3.63) is 0 Å². The molecule has 0 aromatic heterocycles. The van der Waals surface area contributed by atoms with Gasteiger partial charge in [0.15, 0.2) is 0 Å². The van der Waals surface area contributed by atoms with Crippen LogP contribution in [0, 0.1) is 11.8 Å². The monoisotopic (exact) mass is 255 g/mol. The van der Waals surface area contributed by atoms with Crippen molar-refractivity contribution in [2.24, 2.45) is 11.8 Å². The lowest BCUT2D eigenvalue weighted by Gasteiger charge is -2.38. The number of carboxylic acids is 1. The number of hydrogen-bond acceptors (Lipinski definition) is 4. The van der Waals surface area contributed by atoms with Gasteiger partial charge in [0.25, 0.3) is 0 Å². The molecular weight excluding hydrogens is 234 g/mol. The first-order valence-corrected chi connectivity index (χ1v) is 6.51. The van der Waals surface area contributed by atoms with E-state index in [1.54, 1.807) is 0 Å². The summed E-state index contributed by atoms with van der Waals surface area (Å²) in [7, 11) is 0. The van der Waals surface area contributed by atoms with Crippen molar-refractivity contribution in [2.45, 2.75) is 6.92 Å². The van der Waals surface area contributed by atoms with Gasteiger partial charge in [-0.1, -0.05) is 6.92 Å². The Morgan fingerprint density at radius 3 is 2.33 bits per heavy atom. The summed E-state index contributed by atoms with van der Waals surface area (Å²) in [5.41, 5.74) is 0. The molecule has 0 spiro atoms. The largest absolute Gasteiger partial charge is 0.480 e. The zero-order valence-electron chi connectivity index (χ0n) is 10.8. The van der Waals surface area contributed by atoms with Crippen LogP contribution in [0.5, 0.6) is 0 Å². The fraction of sp³-hybridized carbons (Fsp3) is 0.833. The molecule has 102 valence electrons. The molecule has 1 amide bonds. The highest BCUT2D eigenvalue weighted by atomic mass is 16.4. The van der Waals surface area contributed by atoms with E-state index in [1.165, 1.54) is 0 Å². The van der Waals surface area contributed by atoms with Gasteiger partial charge >= 0.3 is 5.97 Å². The lowest BCUT2D eigenvalue weighted by molar-refractivity contribution is -0.141. The minimum atomic E-state index is -0.802. The zero-order chi connectivity index (χ0) is 13.1. The van der Waals surface area contributed by atoms with Crippen molar-refractivity contribution in [1.82, 2.24) is 15.1 Å². The molecule has 0 bridgehead atoms. The van der Waals surface area contributed by atoms with E-state index in [-0.39, 0.29) is 18.4 Å². The Bertz CT molecular complexity index is 323. The highest BCUT2D eigenvalue weighted by Gasteiger charge is 2.32. The van der Waals surface area contributed by atoms with E-state index in [2.05, 4.69) is 5.32 Å². The fourth-order valence-corrected chi connectivity index (χ4v) is 2.47. The predicted molar refractivity (Wildman–Crippen MR) is 66.2 cm³/mol. The number of hydrogen-bond donors (Lipinski definition) is 2. The Labute approximate surface area is 107 Å². The number of carbonyl (C=O) groups excluding carboxylic acids is 1. The van der Waals surface area contributed by atoms with Crippen molar-refractivity contribution >= 4 is 11.9 Å². The summed E-state index contributed by atoms with van der Waals surface area (Å²) in [6.07, 6.45) is 0. The summed E-state index contributed by atoms with van der Waals surface area (Å²) in [5.74, 6) is -0.0352. The summed E-state index contributed by atoms with van der Waals surface area (Å²) in [4.78, 5) is 26.6. The minimum absolute atomic E-state index is 0.0735. The van der Waals surface area contributed by atoms with E-state index in [9.17, 15) is 9.59 Å². The van der Waals surface area contributed by atoms with Gasteiger partial charge < -0.3 is 15.3 Å². The van der Waals surface area contributed by atoms with Crippen LogP contribution in [0.2, 0.25) is 0 Å². The van der Waals surface area contributed by atoms with Crippen molar-refractivity contribution in [3.8, 4) is 0 Å². The predicted octanol–water partition coefficient (Wildman–Crippen LogP) is -0.929. The minimum Gasteiger partial charge on any atom is -0.480 e. The molecule has 2 saturated heterocycles. The molecule has 2 N–H and O–H groups in total. The van der Waals surface area contributed by atoms with Gasteiger partial charge in [0.05, 0.1) is 6.54 Å². The average Bonchev–Trinajstić information content (AvgIpc) is 2.26. The Kier molecular flexibility index (Phi) is 4.19. The molecule has 2 aliphatic heterocycles. The van der Waals surface area contributed by atoms with Crippen LogP contribution in [-0.2, 0) is 9.59 Å². The van der Waals surface area contributed by atoms with Gasteiger partial charge in [0, 0.05) is 32.1 Å². The maximum Gasteiger partial charge on any atom is 0.317 e. The number of amides is 1. The van der Waals surface area contributed by atoms with Gasteiger partial charge in [-0.3, -0.25) is 14.5 Å². The van der Waals surface area contributed by atoms with Crippen LogP contribution in [0.15, 0.2) is 0 Å². The van der Waals surface area contributed by atoms with Crippen molar-refractivity contribution in [2.75, 3.05) is 45.8 Å². The summed E-state index contributed by atoms with van der Waals surface area (Å²) in [6.45, 7) is 6.56. The first kappa shape index (κ1) is 13.3. The molecule has 18 heavy (non-hydrogen) atoms. The lowest BCUT2D eigenvalue weighted by Crippen LogP contribution is -2.55. The number of nitrogens with zero attached hydrogens (tertiary/aromatic N) is 2. The van der Waals surface area contributed by atoms with Gasteiger partial charge in [-0.05, 0) is 19.0 Å². The third kappa shape index (κ3) is 3.00. The SMILES string of the molecule is CC(C(=O)N1CCN(CC(=O)O)CC1)C1CNC1. The highest BCUT2D eigenvalue weighted by molar-refractivity contribution is 5.79. The molecule has 2 rings (SSSR count). The van der Waals surface area contributed by atoms with Crippen LogP contribution in [0.3, 0.4) is 0 Å². The molecule has 2 fully saturated rings. The second-order valence-electron chi connectivity index (χ2n) is 5.20. The molecule has 2 heterocycles. The van der Waals surface area contributed by atoms with Crippen LogP contribution in [0.25, 0.3) is 0 Å². The van der Waals surface area contributed by atoms with E-state index in [4.69, 9.17) is 5.11 Å². The number of carbonyl (C=O) groups is 2. The van der Waals surface area contributed by atoms with Crippen LogP contribution >= 0.6 is 0 Å². The number of nitrogens with one attached hydrogen (secondary N) is 1. The van der Waals surface area contributed by atoms with Gasteiger partial charge in [-0.25, -0.2) is 0 Å². The summed E-state index contributed by atoms with van der Waals surface area (Å²) < 4.78 is 0. The van der Waals surface area contributed by atoms with Crippen molar-refractivity contribution in [1.29, 1.82) is 0 Å². The fourth-order valence-electron chi connectivity index (χ4n) is 2.47. The van der Waals surface area contributed by atoms with Crippen LogP contribution in [-0.4, -0.2) is 72.6 Å². The second kappa shape index (κ2) is 5.67. The Balaban J connectivity index is 1.78. The maximum absolute atomic E-state index is 12.2. The maximum atomic E-state index is 12.2. The van der Waals surface area contributed by atoms with Crippen molar-refractivity contribution < 1.29 is 14.7 Å². The topological polar surface area (TPSA) is 72.9 Å². The van der Waals surface area contributed by atoms with Gasteiger partial charge in [0.2, 0.25) is 5.91 Å². The quantitative estimate of drug-likeness (QED) is 0.679. The summed E-state index contributed by atoms with van der Waals surface area (Å²) in [5, 5.41) is 11.9. The Morgan fingerprint density at radius 2 is 1.89 bits per heavy atom. The smallest absolute Gasteiger partial charge is 0.317 e. The molecule has 0 radical (unpaired) electrons. The number of carboxylic acid groups (broad SMARTS) is 1. The molecule has 6 nitrogen and oxygen atoms in total. The normalized spacial score (nSPS) is 23.5. The number of rotatable bonds is 4. The number of aliphatic carboxylic acids is 1. The standard InChI is InChI=1S/C12H21N3O3/c1-9(10-6-13-7-10)12(18)15-4-2-14(3-5-15)8-11(16)17/h9-10,13H,2-8H2,1H3,(H,16,17). The molecule has 0 aliphatic carbocycles. The van der Waals surface area contributed by atoms with Crippen molar-refractivity contribution in [3.63, 3.8) is 0 Å². The summed E-state index contributed by atoms with van der Waals surface area (Å²) >= 11 is 0. The molecular formula is C12H21N3O3. The molecule has 0 saturated carbocycles. The molecule has 1 atom stereocenters. The van der Waals surface area contributed by atoms with E-state index < -0.39 is 5.97 Å². The van der Waals surface area contributed by atoms with Gasteiger partial charge in [0.1, 0.15) is 0 Å². The first-order valence-electron chi connectivity index (χ1n) is 6.51. The third-order valence-corrected chi connectivity index (χ3v) is 3.95. The lowest BCUT2D eigenvalue weighted by atomic mass is 9.88. The average molecular weight is 255 g/mol. The Hall–Kier alpha value is -1.14. The van der Waals surface area contributed by atoms with E-state index in [1.807, 2.05) is 16.7 Å². The summed E-state index contributed by atoms with van der Waals surface area (Å²) in [6, 6.07) is 0. The third-order valence-electron chi connectivity index (χ3n) is 3.95. The highest BCUT2D eigenvalue weighted by Crippen LogP contribution is 2.19. The molecule has 0 aromatic rings. The van der Waals surface area contributed by atoms with Crippen LogP contribution in [0.4, 0.5) is 0 Å². The first-order chi connectivity index (χ1) is 8.58. The van der Waals surface area contributed by atoms with Gasteiger partial charge in [-0.2, -0.15) is 0 Å². The van der Waals surface area contributed by atoms with Crippen LogP contribution in [0.1, 0.15) is 6.92 Å². The second-order valence-corrected chi connectivity index (χ2v) is 5.20. The van der Waals surface area contributed by atoms with E-state index >= 15 is 0 Å². The van der Waals surface area contributed by atoms with Gasteiger partial charge in [-0.15, -0.1) is 0 Å². The Morgan fingerprint density at radius 1 is 1.28 bits per heavy atom. The van der Waals surface area contributed by atoms with Crippen LogP contribution < -0.4 is 5.32 Å². The number of piperazine rings is 1. The van der Waals surface area contributed by atoms with E-state index in [0.29, 0.717) is 32.1 Å². The van der Waals surface area contributed by atoms with E-state index in [0.717, 1.165) is 13.1 Å². The zero-order valence-corrected chi connectivity index (χ0v) is 10.8. The molecule has 0 aromatic carbocycles. The molecule has 2 aliphatic rings. The molecule has 1 unspecified atom stereocenters.